The van der Waals surface area contributed by atoms with Crippen molar-refractivity contribution in [1.29, 1.82) is 0 Å². The first-order chi connectivity index (χ1) is 7.40. The number of rotatable bonds is 4. The predicted octanol–water partition coefficient (Wildman–Crippen LogP) is 0.915. The van der Waals surface area contributed by atoms with Gasteiger partial charge in [-0.2, -0.15) is 0 Å². The van der Waals surface area contributed by atoms with Crippen molar-refractivity contribution >= 4 is 25.7 Å². The van der Waals surface area contributed by atoms with Crippen LogP contribution in [0.3, 0.4) is 0 Å². The van der Waals surface area contributed by atoms with Crippen LogP contribution < -0.4 is 0 Å². The molecule has 5 nitrogen and oxygen atoms in total. The number of esters is 1. The fraction of sp³-hybridized carbons (Fsp3) is 0.889. The summed E-state index contributed by atoms with van der Waals surface area (Å²) in [5.41, 5.74) is -1.03. The maximum Gasteiger partial charge on any atom is 0.313 e. The van der Waals surface area contributed by atoms with E-state index in [-0.39, 0.29) is 12.4 Å². The van der Waals surface area contributed by atoms with Crippen LogP contribution in [-0.4, -0.2) is 40.0 Å². The molecule has 0 unspecified atom stereocenters. The Kier molecular flexibility index (Phi) is 4.58. The van der Waals surface area contributed by atoms with Gasteiger partial charge in [0.15, 0.2) is 0 Å². The number of halogens is 1. The Hall–Kier alpha value is -0.330. The highest BCUT2D eigenvalue weighted by molar-refractivity contribution is 8.13. The van der Waals surface area contributed by atoms with E-state index in [1.165, 1.54) is 0 Å². The summed E-state index contributed by atoms with van der Waals surface area (Å²) in [6, 6.07) is 0. The minimum atomic E-state index is -3.73. The summed E-state index contributed by atoms with van der Waals surface area (Å²) in [6.45, 7) is 2.61. The summed E-state index contributed by atoms with van der Waals surface area (Å²) in [5, 5.41) is 0. The summed E-state index contributed by atoms with van der Waals surface area (Å²) in [7, 11) is 1.49. The average Bonchev–Trinajstić information content (AvgIpc) is 2.17. The Balaban J connectivity index is 2.87. The van der Waals surface area contributed by atoms with E-state index in [0.29, 0.717) is 26.1 Å². The third-order valence-corrected chi connectivity index (χ3v) is 3.83. The van der Waals surface area contributed by atoms with Crippen LogP contribution in [0.25, 0.3) is 0 Å². The van der Waals surface area contributed by atoms with Crippen molar-refractivity contribution in [3.05, 3.63) is 0 Å². The van der Waals surface area contributed by atoms with Gasteiger partial charge < -0.3 is 9.47 Å². The first-order valence-corrected chi connectivity index (χ1v) is 7.55. The average molecular weight is 271 g/mol. The molecule has 0 saturated carbocycles. The van der Waals surface area contributed by atoms with E-state index in [9.17, 15) is 13.2 Å². The highest BCUT2D eigenvalue weighted by atomic mass is 35.7. The molecule has 0 aromatic heterocycles. The van der Waals surface area contributed by atoms with E-state index in [0.717, 1.165) is 0 Å². The molecule has 1 rings (SSSR count). The molecule has 16 heavy (non-hydrogen) atoms. The van der Waals surface area contributed by atoms with Gasteiger partial charge in [0.1, 0.15) is 0 Å². The van der Waals surface area contributed by atoms with Crippen molar-refractivity contribution in [2.75, 3.05) is 25.6 Å². The highest BCUT2D eigenvalue weighted by Gasteiger charge is 2.44. The summed E-state index contributed by atoms with van der Waals surface area (Å²) >= 11 is 0. The topological polar surface area (TPSA) is 69.7 Å². The van der Waals surface area contributed by atoms with Crippen LogP contribution in [0, 0.1) is 5.41 Å². The van der Waals surface area contributed by atoms with Crippen LogP contribution in [0.5, 0.6) is 0 Å². The molecule has 0 aromatic rings. The van der Waals surface area contributed by atoms with E-state index >= 15 is 0 Å². The van der Waals surface area contributed by atoms with Crippen molar-refractivity contribution < 1.29 is 22.7 Å². The summed E-state index contributed by atoms with van der Waals surface area (Å²) in [4.78, 5) is 11.8. The molecule has 0 atom stereocenters. The van der Waals surface area contributed by atoms with Gasteiger partial charge in [-0.1, -0.05) is 0 Å². The first kappa shape index (κ1) is 13.7. The smallest absolute Gasteiger partial charge is 0.313 e. The van der Waals surface area contributed by atoms with Gasteiger partial charge in [0.2, 0.25) is 9.05 Å². The zero-order valence-electron chi connectivity index (χ0n) is 9.07. The van der Waals surface area contributed by atoms with E-state index in [2.05, 4.69) is 0 Å². The number of carbonyl (C=O) groups excluding carboxylic acids is 1. The molecule has 0 spiro atoms. The van der Waals surface area contributed by atoms with E-state index in [1.807, 2.05) is 0 Å². The number of ether oxygens (including phenoxy) is 2. The molecular weight excluding hydrogens is 256 g/mol. The fourth-order valence-electron chi connectivity index (χ4n) is 1.78. The van der Waals surface area contributed by atoms with Gasteiger partial charge in [-0.3, -0.25) is 4.79 Å². The molecule has 0 amide bonds. The van der Waals surface area contributed by atoms with Gasteiger partial charge in [-0.05, 0) is 19.8 Å². The van der Waals surface area contributed by atoms with Crippen molar-refractivity contribution in [2.24, 2.45) is 5.41 Å². The van der Waals surface area contributed by atoms with Gasteiger partial charge in [-0.25, -0.2) is 8.42 Å². The first-order valence-electron chi connectivity index (χ1n) is 5.07. The molecule has 7 heteroatoms. The lowest BCUT2D eigenvalue weighted by molar-refractivity contribution is -0.159. The molecule has 1 saturated heterocycles. The molecule has 0 aliphatic carbocycles. The second-order valence-corrected chi connectivity index (χ2v) is 6.57. The molecule has 0 aromatic carbocycles. The second kappa shape index (κ2) is 5.33. The number of carbonyl (C=O) groups is 1. The Labute approximate surface area is 99.5 Å². The lowest BCUT2D eigenvalue weighted by Crippen LogP contribution is -2.43. The quantitative estimate of drug-likeness (QED) is 0.561. The minimum absolute atomic E-state index is 0.226. The zero-order valence-corrected chi connectivity index (χ0v) is 10.6. The lowest BCUT2D eigenvalue weighted by Gasteiger charge is -2.33. The maximum atomic E-state index is 11.8. The summed E-state index contributed by atoms with van der Waals surface area (Å²) in [5.74, 6) is -0.883. The van der Waals surface area contributed by atoms with Crippen molar-refractivity contribution in [1.82, 2.24) is 0 Å². The molecule has 0 bridgehead atoms. The third-order valence-electron chi connectivity index (χ3n) is 2.61. The predicted molar refractivity (Wildman–Crippen MR) is 58.8 cm³/mol. The molecule has 1 aliphatic heterocycles. The van der Waals surface area contributed by atoms with Gasteiger partial charge in [-0.15, -0.1) is 0 Å². The molecule has 1 heterocycles. The second-order valence-electron chi connectivity index (χ2n) is 3.80. The Morgan fingerprint density at radius 3 is 2.44 bits per heavy atom. The summed E-state index contributed by atoms with van der Waals surface area (Å²) in [6.07, 6.45) is 0.662. The molecular formula is C9H15ClO5S. The molecule has 0 radical (unpaired) electrons. The third kappa shape index (κ3) is 3.61. The van der Waals surface area contributed by atoms with Crippen molar-refractivity contribution in [2.45, 2.75) is 19.8 Å². The lowest BCUT2D eigenvalue weighted by atomic mass is 9.82. The van der Waals surface area contributed by atoms with E-state index < -0.39 is 20.4 Å². The summed E-state index contributed by atoms with van der Waals surface area (Å²) < 4.78 is 32.3. The van der Waals surface area contributed by atoms with Crippen LogP contribution >= 0.6 is 10.7 Å². The van der Waals surface area contributed by atoms with E-state index in [1.54, 1.807) is 6.92 Å². The van der Waals surface area contributed by atoms with Crippen LogP contribution in [-0.2, 0) is 23.3 Å². The highest BCUT2D eigenvalue weighted by Crippen LogP contribution is 2.34. The standard InChI is InChI=1S/C9H15ClO5S/c1-2-15-8(11)9(7-16(10,12)13)3-5-14-6-4-9/h2-7H2,1H3. The van der Waals surface area contributed by atoms with Gasteiger partial charge in [0.05, 0.1) is 17.8 Å². The Morgan fingerprint density at radius 1 is 1.44 bits per heavy atom. The van der Waals surface area contributed by atoms with Crippen LogP contribution in [0.2, 0.25) is 0 Å². The minimum Gasteiger partial charge on any atom is -0.466 e. The van der Waals surface area contributed by atoms with Crippen LogP contribution in [0.4, 0.5) is 0 Å². The van der Waals surface area contributed by atoms with E-state index in [4.69, 9.17) is 20.2 Å². The normalized spacial score (nSPS) is 20.4. The van der Waals surface area contributed by atoms with Crippen molar-refractivity contribution in [3.8, 4) is 0 Å². The monoisotopic (exact) mass is 270 g/mol. The number of hydrogen-bond acceptors (Lipinski definition) is 5. The fourth-order valence-corrected chi connectivity index (χ4v) is 3.48. The Morgan fingerprint density at radius 2 is 2.00 bits per heavy atom. The molecule has 1 fully saturated rings. The van der Waals surface area contributed by atoms with Crippen LogP contribution in [0.1, 0.15) is 19.8 Å². The molecule has 94 valence electrons. The maximum absolute atomic E-state index is 11.8. The van der Waals surface area contributed by atoms with Crippen molar-refractivity contribution in [3.63, 3.8) is 0 Å². The van der Waals surface area contributed by atoms with Crippen LogP contribution in [0.15, 0.2) is 0 Å². The molecule has 0 N–H and O–H groups in total. The zero-order chi connectivity index (χ0) is 12.2. The van der Waals surface area contributed by atoms with Gasteiger partial charge >= 0.3 is 5.97 Å². The van der Waals surface area contributed by atoms with Gasteiger partial charge in [0.25, 0.3) is 0 Å². The largest absolute Gasteiger partial charge is 0.466 e. The van der Waals surface area contributed by atoms with Gasteiger partial charge in [0, 0.05) is 23.9 Å². The Bertz CT molecular complexity index is 345. The molecule has 1 aliphatic rings. The number of hydrogen-bond donors (Lipinski definition) is 0. The SMILES string of the molecule is CCOC(=O)C1(CS(=O)(=O)Cl)CCOCC1.